The quantitative estimate of drug-likeness (QED) is 0.827. The number of nitrogens with two attached hydrogens (primary N) is 1. The molecule has 0 unspecified atom stereocenters. The van der Waals surface area contributed by atoms with E-state index in [0.29, 0.717) is 5.92 Å². The van der Waals surface area contributed by atoms with E-state index in [1.807, 2.05) is 12.1 Å². The summed E-state index contributed by atoms with van der Waals surface area (Å²) in [6.45, 7) is 12.4. The van der Waals surface area contributed by atoms with E-state index in [1.165, 1.54) is 11.3 Å². The van der Waals surface area contributed by atoms with Gasteiger partial charge in [-0.25, -0.2) is 4.98 Å². The third-order valence-electron chi connectivity index (χ3n) is 4.45. The molecule has 2 rings (SSSR count). The predicted octanol–water partition coefficient (Wildman–Crippen LogP) is 4.25. The number of rotatable bonds is 5. The Morgan fingerprint density at radius 1 is 1.30 bits per heavy atom. The molecule has 1 aromatic carbocycles. The van der Waals surface area contributed by atoms with Gasteiger partial charge < -0.3 is 10.3 Å². The van der Waals surface area contributed by atoms with Crippen LogP contribution in [0, 0.1) is 11.3 Å². The van der Waals surface area contributed by atoms with E-state index in [1.54, 1.807) is 0 Å². The first-order valence-corrected chi connectivity index (χ1v) is 7.59. The Balaban J connectivity index is 2.51. The van der Waals surface area contributed by atoms with Crippen LogP contribution in [0.5, 0.6) is 0 Å². The fourth-order valence-electron chi connectivity index (χ4n) is 2.38. The summed E-state index contributed by atoms with van der Waals surface area (Å²) < 4.78 is 2.39. The van der Waals surface area contributed by atoms with Crippen LogP contribution in [0.2, 0.25) is 0 Å². The summed E-state index contributed by atoms with van der Waals surface area (Å²) in [6.07, 6.45) is 2.13. The summed E-state index contributed by atoms with van der Waals surface area (Å²) in [5.41, 5.74) is 9.14. The number of nitrogen functional groups attached to an aromatic ring is 1. The average molecular weight is 273 g/mol. The van der Waals surface area contributed by atoms with E-state index in [9.17, 15) is 0 Å². The van der Waals surface area contributed by atoms with Crippen LogP contribution in [0.1, 0.15) is 46.9 Å². The number of benzene rings is 1. The van der Waals surface area contributed by atoms with E-state index in [2.05, 4.69) is 45.3 Å². The molecule has 2 N–H and O–H groups in total. The standard InChI is InChI=1S/C17H27N3/c1-6-7-16-19-14-10-13(18)8-9-15(14)20(16)11-17(4,5)12(2)3/h8-10,12H,6-7,11,18H2,1-5H3. The van der Waals surface area contributed by atoms with Crippen molar-refractivity contribution in [3.8, 4) is 0 Å². The van der Waals surface area contributed by atoms with Crippen molar-refractivity contribution >= 4 is 16.7 Å². The number of nitrogens with zero attached hydrogens (tertiary/aromatic N) is 2. The first-order valence-electron chi connectivity index (χ1n) is 7.59. The van der Waals surface area contributed by atoms with Crippen LogP contribution in [0.25, 0.3) is 11.0 Å². The van der Waals surface area contributed by atoms with Crippen molar-refractivity contribution in [1.82, 2.24) is 9.55 Å². The molecule has 0 aliphatic carbocycles. The number of aryl methyl sites for hydroxylation is 1. The second kappa shape index (κ2) is 5.47. The van der Waals surface area contributed by atoms with Gasteiger partial charge in [0.2, 0.25) is 0 Å². The SMILES string of the molecule is CCCc1nc2cc(N)ccc2n1CC(C)(C)C(C)C. The zero-order valence-electron chi connectivity index (χ0n) is 13.4. The van der Waals surface area contributed by atoms with Gasteiger partial charge in [0.05, 0.1) is 11.0 Å². The Hall–Kier alpha value is -1.51. The zero-order chi connectivity index (χ0) is 14.9. The van der Waals surface area contributed by atoms with Crippen molar-refractivity contribution < 1.29 is 0 Å². The van der Waals surface area contributed by atoms with Gasteiger partial charge in [-0.3, -0.25) is 0 Å². The highest BCUT2D eigenvalue weighted by Crippen LogP contribution is 2.31. The molecular formula is C17H27N3. The van der Waals surface area contributed by atoms with Crippen LogP contribution in [-0.2, 0) is 13.0 Å². The minimum Gasteiger partial charge on any atom is -0.399 e. The van der Waals surface area contributed by atoms with E-state index in [0.717, 1.165) is 30.6 Å². The molecule has 0 radical (unpaired) electrons. The number of hydrogen-bond acceptors (Lipinski definition) is 2. The van der Waals surface area contributed by atoms with Crippen molar-refractivity contribution in [1.29, 1.82) is 0 Å². The second-order valence-electron chi connectivity index (χ2n) is 6.76. The Kier molecular flexibility index (Phi) is 4.07. The molecule has 1 heterocycles. The highest BCUT2D eigenvalue weighted by molar-refractivity contribution is 5.79. The maximum absolute atomic E-state index is 5.88. The minimum absolute atomic E-state index is 0.248. The molecule has 3 nitrogen and oxygen atoms in total. The average Bonchev–Trinajstić information content (AvgIpc) is 2.66. The predicted molar refractivity (Wildman–Crippen MR) is 86.8 cm³/mol. The first kappa shape index (κ1) is 14.9. The molecule has 1 aromatic heterocycles. The summed E-state index contributed by atoms with van der Waals surface area (Å²) in [7, 11) is 0. The lowest BCUT2D eigenvalue weighted by molar-refractivity contribution is 0.210. The number of hydrogen-bond donors (Lipinski definition) is 1. The molecule has 2 aromatic rings. The van der Waals surface area contributed by atoms with E-state index in [4.69, 9.17) is 10.7 Å². The Bertz CT molecular complexity index is 594. The smallest absolute Gasteiger partial charge is 0.109 e. The minimum atomic E-state index is 0.248. The molecule has 20 heavy (non-hydrogen) atoms. The number of imidazole rings is 1. The van der Waals surface area contributed by atoms with Gasteiger partial charge in [-0.1, -0.05) is 34.6 Å². The van der Waals surface area contributed by atoms with Crippen LogP contribution in [-0.4, -0.2) is 9.55 Å². The highest BCUT2D eigenvalue weighted by atomic mass is 15.1. The number of anilines is 1. The molecule has 3 heteroatoms. The largest absolute Gasteiger partial charge is 0.399 e. The van der Waals surface area contributed by atoms with Crippen LogP contribution in [0.4, 0.5) is 5.69 Å². The van der Waals surface area contributed by atoms with Crippen molar-refractivity contribution in [3.05, 3.63) is 24.0 Å². The molecule has 0 amide bonds. The molecule has 0 aliphatic heterocycles. The number of fused-ring (bicyclic) bond motifs is 1. The topological polar surface area (TPSA) is 43.8 Å². The van der Waals surface area contributed by atoms with Crippen molar-refractivity contribution in [2.45, 2.75) is 54.0 Å². The van der Waals surface area contributed by atoms with Gasteiger partial charge >= 0.3 is 0 Å². The van der Waals surface area contributed by atoms with Crippen molar-refractivity contribution in [2.24, 2.45) is 11.3 Å². The molecular weight excluding hydrogens is 246 g/mol. The van der Waals surface area contributed by atoms with E-state index < -0.39 is 0 Å². The lowest BCUT2D eigenvalue weighted by atomic mass is 9.81. The maximum Gasteiger partial charge on any atom is 0.109 e. The monoisotopic (exact) mass is 273 g/mol. The first-order chi connectivity index (χ1) is 9.35. The van der Waals surface area contributed by atoms with Crippen LogP contribution in [0.15, 0.2) is 18.2 Å². The van der Waals surface area contributed by atoms with Crippen LogP contribution < -0.4 is 5.73 Å². The molecule has 0 fully saturated rings. The van der Waals surface area contributed by atoms with Crippen molar-refractivity contribution in [3.63, 3.8) is 0 Å². The maximum atomic E-state index is 5.88. The van der Waals surface area contributed by atoms with Crippen LogP contribution in [0.3, 0.4) is 0 Å². The molecule has 0 spiro atoms. The summed E-state index contributed by atoms with van der Waals surface area (Å²) in [4.78, 5) is 4.79. The van der Waals surface area contributed by atoms with Gasteiger partial charge in [-0.05, 0) is 36.0 Å². The third-order valence-corrected chi connectivity index (χ3v) is 4.45. The normalized spacial score (nSPS) is 12.5. The summed E-state index contributed by atoms with van der Waals surface area (Å²) in [5, 5.41) is 0. The molecule has 0 atom stereocenters. The Morgan fingerprint density at radius 2 is 2.00 bits per heavy atom. The van der Waals surface area contributed by atoms with E-state index >= 15 is 0 Å². The van der Waals surface area contributed by atoms with Gasteiger partial charge in [-0.15, -0.1) is 0 Å². The van der Waals surface area contributed by atoms with Gasteiger partial charge in [0, 0.05) is 18.7 Å². The summed E-state index contributed by atoms with van der Waals surface area (Å²) in [6, 6.07) is 6.05. The van der Waals surface area contributed by atoms with E-state index in [-0.39, 0.29) is 5.41 Å². The Morgan fingerprint density at radius 3 is 2.60 bits per heavy atom. The summed E-state index contributed by atoms with van der Waals surface area (Å²) >= 11 is 0. The summed E-state index contributed by atoms with van der Waals surface area (Å²) in [5.74, 6) is 1.81. The van der Waals surface area contributed by atoms with Gasteiger partial charge in [0.1, 0.15) is 5.82 Å². The molecule has 0 saturated carbocycles. The van der Waals surface area contributed by atoms with Crippen molar-refractivity contribution in [2.75, 3.05) is 5.73 Å². The second-order valence-corrected chi connectivity index (χ2v) is 6.76. The molecule has 0 aliphatic rings. The lowest BCUT2D eigenvalue weighted by Crippen LogP contribution is -2.26. The van der Waals surface area contributed by atoms with Gasteiger partial charge in [0.25, 0.3) is 0 Å². The fourth-order valence-corrected chi connectivity index (χ4v) is 2.38. The third kappa shape index (κ3) is 2.82. The van der Waals surface area contributed by atoms with Gasteiger partial charge in [0.15, 0.2) is 0 Å². The molecule has 0 saturated heterocycles. The molecule has 110 valence electrons. The highest BCUT2D eigenvalue weighted by Gasteiger charge is 2.25. The lowest BCUT2D eigenvalue weighted by Gasteiger charge is -2.30. The molecule has 0 bridgehead atoms. The number of aromatic nitrogens is 2. The van der Waals surface area contributed by atoms with Gasteiger partial charge in [-0.2, -0.15) is 0 Å². The Labute approximate surface area is 122 Å². The van der Waals surface area contributed by atoms with Crippen LogP contribution >= 0.6 is 0 Å². The fraction of sp³-hybridized carbons (Fsp3) is 0.588. The zero-order valence-corrected chi connectivity index (χ0v) is 13.4.